The average molecular weight is 620 g/mol. The van der Waals surface area contributed by atoms with Gasteiger partial charge in [0.1, 0.15) is 36.0 Å². The third-order valence-corrected chi connectivity index (χ3v) is 8.11. The summed E-state index contributed by atoms with van der Waals surface area (Å²) < 4.78 is 5.20. The predicted octanol–water partition coefficient (Wildman–Crippen LogP) is -1.15. The van der Waals surface area contributed by atoms with Gasteiger partial charge in [0.15, 0.2) is 0 Å². The Kier molecular flexibility index (Phi) is 9.44. The Balaban J connectivity index is 0.000000142. The van der Waals surface area contributed by atoms with E-state index in [9.17, 15) is 14.4 Å². The fraction of sp³-hybridized carbons (Fsp3) is 0.571. The zero-order valence-corrected chi connectivity index (χ0v) is 25.6. The Labute approximate surface area is 261 Å². The van der Waals surface area contributed by atoms with E-state index in [1.165, 1.54) is 4.90 Å². The van der Waals surface area contributed by atoms with Crippen LogP contribution in [0.15, 0.2) is 12.1 Å². The van der Waals surface area contributed by atoms with E-state index >= 15 is 0 Å². The maximum atomic E-state index is 10.9. The maximum Gasteiger partial charge on any atom is 0.323 e. The number of amidine groups is 1. The molecule has 7 heterocycles. The zero-order valence-electron chi connectivity index (χ0n) is 25.6. The number of carbonyl (C=O) groups excluding carboxylic acids is 3. The number of pyridine rings is 1. The fourth-order valence-electron chi connectivity index (χ4n) is 4.93. The molecule has 0 aliphatic carbocycles. The van der Waals surface area contributed by atoms with Crippen LogP contribution < -0.4 is 21.5 Å². The number of aromatic nitrogens is 1. The monoisotopic (exact) mass is 619 g/mol. The van der Waals surface area contributed by atoms with Gasteiger partial charge in [-0.05, 0) is 26.8 Å². The second-order valence-electron chi connectivity index (χ2n) is 11.7. The molecule has 0 bridgehead atoms. The van der Waals surface area contributed by atoms with E-state index in [1.807, 2.05) is 43.9 Å². The van der Waals surface area contributed by atoms with Crippen molar-refractivity contribution >= 4 is 23.8 Å². The van der Waals surface area contributed by atoms with Crippen LogP contribution >= 0.6 is 0 Å². The number of amides is 5. The minimum atomic E-state index is -0.503. The molecule has 45 heavy (non-hydrogen) atoms. The molecule has 7 rings (SSSR count). The average Bonchev–Trinajstić information content (AvgIpc) is 3.80. The van der Waals surface area contributed by atoms with Gasteiger partial charge in [0.05, 0.1) is 44.1 Å². The Bertz CT molecular complexity index is 1480. The number of rotatable bonds is 6. The standard InChI is InChI=1S/C11H13N3O.C9H14N4O.2C4H5N3O/c1-8-3-4-9(11(13-8)15-2)6-14-7-10(14)5-12;1-9(2,12-4-6(12)3-10)13-5-7(13)8(11)14;5-3-2-1-7(2)4(8)6-3;5-1-3-2-7(3)4(6)8/h3-4,10H,6-7H2,1-2H3;6-7H,4-5H2,1-2H3,(H2,11,14);2H,1H2,(H2,5,6,8);3H,2H2,(H2,6,8). The topological polar surface area (TPSA) is 248 Å². The number of carbonyl (C=O) groups is 3. The van der Waals surface area contributed by atoms with Crippen molar-refractivity contribution in [2.75, 3.05) is 39.8 Å². The third-order valence-electron chi connectivity index (χ3n) is 8.11. The fourth-order valence-corrected chi connectivity index (χ4v) is 4.93. The lowest BCUT2D eigenvalue weighted by Crippen LogP contribution is -2.43. The highest BCUT2D eigenvalue weighted by Gasteiger charge is 2.56. The van der Waals surface area contributed by atoms with Crippen LogP contribution in [0.1, 0.15) is 25.1 Å². The number of methoxy groups -OCH3 is 1. The molecule has 1 aromatic heterocycles. The Morgan fingerprint density at radius 3 is 2.07 bits per heavy atom. The Hall–Kier alpha value is -5.02. The van der Waals surface area contributed by atoms with Gasteiger partial charge in [-0.2, -0.15) is 15.8 Å². The number of fused-ring (bicyclic) bond motifs is 1. The first-order chi connectivity index (χ1) is 21.3. The first kappa shape index (κ1) is 32.9. The summed E-state index contributed by atoms with van der Waals surface area (Å²) in [7, 11) is 1.62. The Morgan fingerprint density at radius 1 is 1.04 bits per heavy atom. The van der Waals surface area contributed by atoms with E-state index in [0.717, 1.165) is 44.0 Å². The van der Waals surface area contributed by atoms with E-state index in [0.29, 0.717) is 18.3 Å². The van der Waals surface area contributed by atoms with Crippen LogP contribution in [0, 0.1) is 46.3 Å². The normalized spacial score (nSPS) is 30.3. The highest BCUT2D eigenvalue weighted by atomic mass is 16.5. The van der Waals surface area contributed by atoms with Gasteiger partial charge in [0, 0.05) is 37.4 Å². The van der Waals surface area contributed by atoms with Crippen molar-refractivity contribution < 1.29 is 19.1 Å². The van der Waals surface area contributed by atoms with Gasteiger partial charge in [0.2, 0.25) is 11.8 Å². The molecule has 1 aromatic rings. The van der Waals surface area contributed by atoms with Crippen molar-refractivity contribution in [3.8, 4) is 24.1 Å². The van der Waals surface area contributed by atoms with Gasteiger partial charge in [-0.3, -0.25) is 30.2 Å². The largest absolute Gasteiger partial charge is 0.481 e. The van der Waals surface area contributed by atoms with Crippen molar-refractivity contribution in [1.82, 2.24) is 34.8 Å². The number of nitrogens with zero attached hydrogens (tertiary/aromatic N) is 9. The molecule has 0 aromatic carbocycles. The number of aryl methyl sites for hydroxylation is 1. The Morgan fingerprint density at radius 2 is 1.71 bits per heavy atom. The van der Waals surface area contributed by atoms with Gasteiger partial charge in [-0.15, -0.1) is 0 Å². The van der Waals surface area contributed by atoms with Crippen LogP contribution in [-0.4, -0.2) is 129 Å². The second-order valence-corrected chi connectivity index (χ2v) is 11.7. The summed E-state index contributed by atoms with van der Waals surface area (Å²) in [5.74, 6) is 0.752. The number of hydrogen-bond acceptors (Lipinski definition) is 12. The molecule has 6 N–H and O–H groups in total. The smallest absolute Gasteiger partial charge is 0.323 e. The molecule has 6 aliphatic rings. The number of primary amides is 2. The van der Waals surface area contributed by atoms with Crippen molar-refractivity contribution in [1.29, 1.82) is 21.2 Å². The molecule has 17 heteroatoms. The molecule has 238 valence electrons. The summed E-state index contributed by atoms with van der Waals surface area (Å²) in [6.45, 7) is 10.4. The summed E-state index contributed by atoms with van der Waals surface area (Å²) in [5, 5.41) is 35.0. The van der Waals surface area contributed by atoms with Gasteiger partial charge in [-0.25, -0.2) is 14.6 Å². The molecule has 6 fully saturated rings. The van der Waals surface area contributed by atoms with Crippen LogP contribution in [0.2, 0.25) is 0 Å². The first-order valence-corrected chi connectivity index (χ1v) is 14.3. The molecule has 5 amide bonds. The third kappa shape index (κ3) is 7.93. The van der Waals surface area contributed by atoms with Gasteiger partial charge >= 0.3 is 12.1 Å². The SMILES string of the molecule is CC(C)(N1CC1C#N)N1CC1C(N)=O.COc1nc(C)ccc1CN1CC1C#N.N#CC1CN1C(N)=O.N=C1NC(=O)N2CC12. The quantitative estimate of drug-likeness (QED) is 0.277. The van der Waals surface area contributed by atoms with Crippen molar-refractivity contribution in [3.63, 3.8) is 0 Å². The van der Waals surface area contributed by atoms with E-state index < -0.39 is 6.03 Å². The first-order valence-electron chi connectivity index (χ1n) is 14.3. The van der Waals surface area contributed by atoms with Crippen LogP contribution in [-0.2, 0) is 11.3 Å². The molecule has 8 atom stereocenters. The van der Waals surface area contributed by atoms with E-state index in [1.54, 1.807) is 12.0 Å². The molecular weight excluding hydrogens is 582 g/mol. The minimum Gasteiger partial charge on any atom is -0.481 e. The van der Waals surface area contributed by atoms with Crippen LogP contribution in [0.3, 0.4) is 0 Å². The number of ether oxygens (including phenoxy) is 1. The summed E-state index contributed by atoms with van der Waals surface area (Å²) in [6.07, 6.45) is 0. The predicted molar refractivity (Wildman–Crippen MR) is 158 cm³/mol. The summed E-state index contributed by atoms with van der Waals surface area (Å²) >= 11 is 0. The lowest BCUT2D eigenvalue weighted by atomic mass is 10.2. The number of nitriles is 3. The van der Waals surface area contributed by atoms with Crippen LogP contribution in [0.4, 0.5) is 9.59 Å². The second kappa shape index (κ2) is 12.9. The number of nitrogens with one attached hydrogen (secondary N) is 2. The lowest BCUT2D eigenvalue weighted by molar-refractivity contribution is -0.119. The van der Waals surface area contributed by atoms with Gasteiger partial charge in [-0.1, -0.05) is 6.07 Å². The molecule has 0 saturated carbocycles. The lowest BCUT2D eigenvalue weighted by Gasteiger charge is -2.28. The van der Waals surface area contributed by atoms with Crippen molar-refractivity contribution in [2.45, 2.75) is 63.2 Å². The summed E-state index contributed by atoms with van der Waals surface area (Å²) in [5.41, 5.74) is 11.8. The molecule has 17 nitrogen and oxygen atoms in total. The highest BCUT2D eigenvalue weighted by molar-refractivity contribution is 6.09. The van der Waals surface area contributed by atoms with Gasteiger partial charge < -0.3 is 26.0 Å². The number of nitrogens with two attached hydrogens (primary N) is 2. The van der Waals surface area contributed by atoms with E-state index in [2.05, 4.69) is 32.2 Å². The molecular formula is C28H37N13O4. The number of hydrogen-bond donors (Lipinski definition) is 4. The summed E-state index contributed by atoms with van der Waals surface area (Å²) in [6, 6.07) is 9.51. The molecule has 0 spiro atoms. The highest BCUT2D eigenvalue weighted by Crippen LogP contribution is 2.38. The molecule has 8 unspecified atom stereocenters. The van der Waals surface area contributed by atoms with Gasteiger partial charge in [0.25, 0.3) is 0 Å². The van der Waals surface area contributed by atoms with Crippen LogP contribution in [0.25, 0.3) is 0 Å². The maximum absolute atomic E-state index is 10.9. The number of urea groups is 2. The minimum absolute atomic E-state index is 0.0131. The van der Waals surface area contributed by atoms with Crippen LogP contribution in [0.5, 0.6) is 5.88 Å². The molecule has 6 aliphatic heterocycles. The van der Waals surface area contributed by atoms with E-state index in [4.69, 9.17) is 37.4 Å². The zero-order chi connectivity index (χ0) is 33.2. The molecule has 0 radical (unpaired) electrons. The summed E-state index contributed by atoms with van der Waals surface area (Å²) in [4.78, 5) is 44.9. The van der Waals surface area contributed by atoms with E-state index in [-0.39, 0.29) is 47.8 Å². The molecule has 6 saturated heterocycles. The van der Waals surface area contributed by atoms with Crippen molar-refractivity contribution in [3.05, 3.63) is 23.4 Å². The van der Waals surface area contributed by atoms with Crippen molar-refractivity contribution in [2.24, 2.45) is 11.5 Å².